The van der Waals surface area contributed by atoms with Crippen LogP contribution in [0.1, 0.15) is 28.2 Å². The molecule has 0 saturated heterocycles. The Morgan fingerprint density at radius 3 is 2.78 bits per heavy atom. The van der Waals surface area contributed by atoms with Gasteiger partial charge in [0.05, 0.1) is 6.54 Å². The third-order valence-electron chi connectivity index (χ3n) is 4.98. The molecule has 1 aromatic carbocycles. The van der Waals surface area contributed by atoms with Crippen molar-refractivity contribution in [3.63, 3.8) is 0 Å². The summed E-state index contributed by atoms with van der Waals surface area (Å²) in [6.45, 7) is 4.98. The van der Waals surface area contributed by atoms with Gasteiger partial charge in [-0.2, -0.15) is 5.10 Å². The summed E-state index contributed by atoms with van der Waals surface area (Å²) in [5, 5.41) is 7.17. The lowest BCUT2D eigenvalue weighted by atomic mass is 10.2. The Labute approximate surface area is 159 Å². The van der Waals surface area contributed by atoms with Gasteiger partial charge in [0.1, 0.15) is 5.69 Å². The van der Waals surface area contributed by atoms with E-state index in [0.29, 0.717) is 13.1 Å². The number of fused-ring (bicyclic) bond motifs is 1. The van der Waals surface area contributed by atoms with Gasteiger partial charge in [0.25, 0.3) is 5.91 Å². The van der Waals surface area contributed by atoms with E-state index in [-0.39, 0.29) is 5.91 Å². The zero-order valence-corrected chi connectivity index (χ0v) is 15.4. The van der Waals surface area contributed by atoms with Gasteiger partial charge in [-0.1, -0.05) is 30.3 Å². The number of nitrogens with one attached hydrogen (secondary N) is 1. The molecule has 0 spiro atoms. The third-order valence-corrected chi connectivity index (χ3v) is 4.98. The highest BCUT2D eigenvalue weighted by atomic mass is 16.1. The molecule has 3 aromatic rings. The smallest absolute Gasteiger partial charge is 0.267 e. The number of hydrogen-bond donors (Lipinski definition) is 1. The van der Waals surface area contributed by atoms with Crippen LogP contribution in [0, 0.1) is 0 Å². The van der Waals surface area contributed by atoms with Crippen LogP contribution in [0.2, 0.25) is 0 Å². The topological polar surface area (TPSA) is 55.1 Å². The second-order valence-corrected chi connectivity index (χ2v) is 6.94. The van der Waals surface area contributed by atoms with Crippen LogP contribution in [-0.2, 0) is 26.2 Å². The molecule has 0 saturated carbocycles. The predicted molar refractivity (Wildman–Crippen MR) is 104 cm³/mol. The van der Waals surface area contributed by atoms with E-state index in [2.05, 4.69) is 50.2 Å². The zero-order valence-electron chi connectivity index (χ0n) is 15.4. The van der Waals surface area contributed by atoms with E-state index in [1.165, 1.54) is 11.3 Å². The Morgan fingerprint density at radius 2 is 1.96 bits per heavy atom. The minimum atomic E-state index is -0.00934. The number of carbonyl (C=O) groups is 1. The molecule has 0 radical (unpaired) electrons. The average molecular weight is 363 g/mol. The molecule has 27 heavy (non-hydrogen) atoms. The molecule has 0 bridgehead atoms. The number of aromatic nitrogens is 3. The Balaban J connectivity index is 1.38. The maximum absolute atomic E-state index is 12.6. The zero-order chi connectivity index (χ0) is 18.5. The highest BCUT2D eigenvalue weighted by molar-refractivity contribution is 5.92. The van der Waals surface area contributed by atoms with E-state index in [1.807, 2.05) is 29.1 Å². The van der Waals surface area contributed by atoms with Crippen LogP contribution in [0.3, 0.4) is 0 Å². The van der Waals surface area contributed by atoms with Crippen molar-refractivity contribution in [3.05, 3.63) is 77.9 Å². The van der Waals surface area contributed by atoms with Gasteiger partial charge < -0.3 is 9.88 Å². The van der Waals surface area contributed by atoms with Crippen LogP contribution in [0.15, 0.2) is 60.9 Å². The highest BCUT2D eigenvalue weighted by Crippen LogP contribution is 2.19. The van der Waals surface area contributed by atoms with E-state index in [0.717, 1.165) is 38.3 Å². The van der Waals surface area contributed by atoms with Gasteiger partial charge in [-0.3, -0.25) is 14.4 Å². The van der Waals surface area contributed by atoms with Crippen LogP contribution < -0.4 is 5.32 Å². The largest absolute Gasteiger partial charge is 0.349 e. The van der Waals surface area contributed by atoms with Crippen LogP contribution in [0.5, 0.6) is 0 Å². The van der Waals surface area contributed by atoms with Crippen LogP contribution in [0.25, 0.3) is 0 Å². The van der Waals surface area contributed by atoms with Crippen molar-refractivity contribution < 1.29 is 4.79 Å². The van der Waals surface area contributed by atoms with Crippen molar-refractivity contribution in [1.29, 1.82) is 0 Å². The van der Waals surface area contributed by atoms with Gasteiger partial charge in [-0.15, -0.1) is 0 Å². The standard InChI is InChI=1S/C21H25N5O/c27-21(22-11-15-25-13-4-10-23-25)20-9-8-19-17-24(12-5-14-26(19)20)16-18-6-2-1-3-7-18/h1-4,6-10,13H,5,11-12,14-17H2,(H,22,27). The van der Waals surface area contributed by atoms with Crippen molar-refractivity contribution in [2.24, 2.45) is 0 Å². The van der Waals surface area contributed by atoms with Gasteiger partial charge in [-0.05, 0) is 30.2 Å². The third kappa shape index (κ3) is 4.28. The summed E-state index contributed by atoms with van der Waals surface area (Å²) in [5.41, 5.74) is 3.29. The molecule has 4 rings (SSSR count). The quantitative estimate of drug-likeness (QED) is 0.732. The van der Waals surface area contributed by atoms with E-state index in [1.54, 1.807) is 6.20 Å². The van der Waals surface area contributed by atoms with Gasteiger partial charge in [0, 0.05) is 50.8 Å². The van der Waals surface area contributed by atoms with E-state index >= 15 is 0 Å². The fourth-order valence-corrected chi connectivity index (χ4v) is 3.65. The molecule has 1 amide bonds. The fourth-order valence-electron chi connectivity index (χ4n) is 3.65. The summed E-state index contributed by atoms with van der Waals surface area (Å²) >= 11 is 0. The first kappa shape index (κ1) is 17.5. The van der Waals surface area contributed by atoms with Gasteiger partial charge in [0.15, 0.2) is 0 Å². The molecule has 0 atom stereocenters. The molecule has 140 valence electrons. The summed E-state index contributed by atoms with van der Waals surface area (Å²) < 4.78 is 3.99. The first-order valence-corrected chi connectivity index (χ1v) is 9.50. The van der Waals surface area contributed by atoms with E-state index in [4.69, 9.17) is 0 Å². The molecular weight excluding hydrogens is 338 g/mol. The van der Waals surface area contributed by atoms with Gasteiger partial charge in [-0.25, -0.2) is 0 Å². The predicted octanol–water partition coefficient (Wildman–Crippen LogP) is 2.52. The molecule has 1 aliphatic heterocycles. The second kappa shape index (κ2) is 8.22. The Hall–Kier alpha value is -2.86. The summed E-state index contributed by atoms with van der Waals surface area (Å²) in [6.07, 6.45) is 4.69. The van der Waals surface area contributed by atoms with E-state index < -0.39 is 0 Å². The van der Waals surface area contributed by atoms with Crippen molar-refractivity contribution in [3.8, 4) is 0 Å². The number of amides is 1. The molecule has 0 aliphatic carbocycles. The fraction of sp³-hybridized carbons (Fsp3) is 0.333. The molecule has 1 aliphatic rings. The first-order chi connectivity index (χ1) is 13.3. The van der Waals surface area contributed by atoms with Crippen molar-refractivity contribution in [2.75, 3.05) is 13.1 Å². The summed E-state index contributed by atoms with van der Waals surface area (Å²) in [7, 11) is 0. The Bertz CT molecular complexity index is 869. The molecule has 2 aromatic heterocycles. The minimum absolute atomic E-state index is 0.00934. The number of benzene rings is 1. The molecule has 6 nitrogen and oxygen atoms in total. The maximum Gasteiger partial charge on any atom is 0.267 e. The van der Waals surface area contributed by atoms with Crippen LogP contribution in [-0.4, -0.2) is 38.2 Å². The van der Waals surface area contributed by atoms with Gasteiger partial charge in [0.2, 0.25) is 0 Å². The van der Waals surface area contributed by atoms with E-state index in [9.17, 15) is 4.79 Å². The number of rotatable bonds is 6. The Kier molecular flexibility index (Phi) is 5.34. The molecular formula is C21H25N5O. The van der Waals surface area contributed by atoms with Crippen molar-refractivity contribution in [1.82, 2.24) is 24.6 Å². The molecule has 1 N–H and O–H groups in total. The Morgan fingerprint density at radius 1 is 1.07 bits per heavy atom. The summed E-state index contributed by atoms with van der Waals surface area (Å²) in [6, 6.07) is 16.5. The lowest BCUT2D eigenvalue weighted by molar-refractivity contribution is 0.0942. The summed E-state index contributed by atoms with van der Waals surface area (Å²) in [5.74, 6) is -0.00934. The number of hydrogen-bond acceptors (Lipinski definition) is 3. The molecule has 0 unspecified atom stereocenters. The normalized spacial score (nSPS) is 14.5. The number of nitrogens with zero attached hydrogens (tertiary/aromatic N) is 4. The van der Waals surface area contributed by atoms with Crippen molar-refractivity contribution in [2.45, 2.75) is 32.6 Å². The van der Waals surface area contributed by atoms with Crippen molar-refractivity contribution >= 4 is 5.91 Å². The SMILES string of the molecule is O=C(NCCn1cccn1)c1ccc2n1CCCN(Cc1ccccc1)C2. The minimum Gasteiger partial charge on any atom is -0.349 e. The molecule has 0 fully saturated rings. The average Bonchev–Trinajstić information content (AvgIpc) is 3.29. The lowest BCUT2D eigenvalue weighted by Crippen LogP contribution is -2.29. The van der Waals surface area contributed by atoms with Crippen LogP contribution >= 0.6 is 0 Å². The highest BCUT2D eigenvalue weighted by Gasteiger charge is 2.19. The first-order valence-electron chi connectivity index (χ1n) is 9.50. The van der Waals surface area contributed by atoms with Gasteiger partial charge >= 0.3 is 0 Å². The second-order valence-electron chi connectivity index (χ2n) is 6.94. The lowest BCUT2D eigenvalue weighted by Gasteiger charge is -2.19. The number of carbonyl (C=O) groups excluding carboxylic acids is 1. The monoisotopic (exact) mass is 363 g/mol. The maximum atomic E-state index is 12.6. The van der Waals surface area contributed by atoms with Crippen LogP contribution in [0.4, 0.5) is 0 Å². The molecule has 3 heterocycles. The molecule has 6 heteroatoms. The summed E-state index contributed by atoms with van der Waals surface area (Å²) in [4.78, 5) is 15.1.